The molecule has 2 atom stereocenters. The molecular weight excluding hydrogens is 121 g/mol. The molecule has 1 saturated heterocycles. The molecule has 0 aromatic carbocycles. The Morgan fingerprint density at radius 1 is 1.50 bits per heavy atom. The summed E-state index contributed by atoms with van der Waals surface area (Å²) < 4.78 is 0. The zero-order chi connectivity index (χ0) is 7.40. The maximum Gasteiger partial charge on any atom is 0.144 e. The largest absolute Gasteiger partial charge is 0.306 e. The van der Waals surface area contributed by atoms with Crippen LogP contribution in [0.15, 0.2) is 0 Å². The van der Waals surface area contributed by atoms with Crippen molar-refractivity contribution in [1.82, 2.24) is 4.90 Å². The van der Waals surface area contributed by atoms with Crippen molar-refractivity contribution in [3.63, 3.8) is 0 Å². The van der Waals surface area contributed by atoms with E-state index in [1.807, 2.05) is 0 Å². The first-order valence-electron chi connectivity index (χ1n) is 4.62. The van der Waals surface area contributed by atoms with Gasteiger partial charge in [0.25, 0.3) is 0 Å². The Bertz CT molecular complexity index is 95.3. The summed E-state index contributed by atoms with van der Waals surface area (Å²) in [5.74, 6) is 0.969. The maximum atomic E-state index is 2.54. The van der Waals surface area contributed by atoms with Crippen molar-refractivity contribution in [2.45, 2.75) is 39.0 Å². The van der Waals surface area contributed by atoms with Gasteiger partial charge in [-0.1, -0.05) is 33.0 Å². The molecule has 10 heavy (non-hydrogen) atoms. The molecule has 0 saturated carbocycles. The normalized spacial score (nSPS) is 30.2. The van der Waals surface area contributed by atoms with E-state index in [0.717, 1.165) is 5.94 Å². The van der Waals surface area contributed by atoms with Gasteiger partial charge in [-0.15, -0.1) is 0 Å². The zero-order valence-electron chi connectivity index (χ0n) is 7.27. The van der Waals surface area contributed by atoms with E-state index in [1.165, 1.54) is 39.5 Å². The smallest absolute Gasteiger partial charge is 0.144 e. The van der Waals surface area contributed by atoms with Crippen LogP contribution in [0.5, 0.6) is 0 Å². The molecule has 0 bridgehead atoms. The van der Waals surface area contributed by atoms with Gasteiger partial charge in [0.15, 0.2) is 0 Å². The van der Waals surface area contributed by atoms with Crippen LogP contribution in [0.3, 0.4) is 0 Å². The summed E-state index contributed by atoms with van der Waals surface area (Å²) >= 11 is 0. The van der Waals surface area contributed by atoms with E-state index in [0.29, 0.717) is 0 Å². The summed E-state index contributed by atoms with van der Waals surface area (Å²) in [6.45, 7) is 7.15. The zero-order valence-corrected chi connectivity index (χ0v) is 7.27. The standard InChI is InChI=1S/C8H18BN/c1-3-5-6-9-8-7-10(8)4-2/h8-9H,3-7H2,1-2H3. The predicted octanol–water partition coefficient (Wildman–Crippen LogP) is 1.30. The van der Waals surface area contributed by atoms with E-state index in [2.05, 4.69) is 18.7 Å². The van der Waals surface area contributed by atoms with E-state index < -0.39 is 0 Å². The lowest BCUT2D eigenvalue weighted by atomic mass is 9.69. The van der Waals surface area contributed by atoms with Gasteiger partial charge in [0, 0.05) is 6.54 Å². The van der Waals surface area contributed by atoms with Crippen LogP contribution in [0.25, 0.3) is 0 Å². The van der Waals surface area contributed by atoms with E-state index in [4.69, 9.17) is 0 Å². The van der Waals surface area contributed by atoms with Crippen molar-refractivity contribution in [3.8, 4) is 0 Å². The first kappa shape index (κ1) is 8.12. The van der Waals surface area contributed by atoms with Crippen LogP contribution in [0.4, 0.5) is 0 Å². The Balaban J connectivity index is 1.87. The molecule has 0 aromatic heterocycles. The third kappa shape index (κ3) is 2.33. The molecule has 0 spiro atoms. The molecule has 0 aliphatic carbocycles. The minimum atomic E-state index is 0.969. The average molecular weight is 139 g/mol. The summed E-state index contributed by atoms with van der Waals surface area (Å²) in [6.07, 6.45) is 4.23. The number of hydrogen-bond acceptors (Lipinski definition) is 1. The highest BCUT2D eigenvalue weighted by molar-refractivity contribution is 6.38. The average Bonchev–Trinajstić information content (AvgIpc) is 2.68. The number of hydrogen-bond donors (Lipinski definition) is 0. The predicted molar refractivity (Wildman–Crippen MR) is 47.9 cm³/mol. The van der Waals surface area contributed by atoms with Crippen molar-refractivity contribution in [2.24, 2.45) is 0 Å². The minimum absolute atomic E-state index is 0.969. The van der Waals surface area contributed by atoms with Crippen LogP contribution in [0.2, 0.25) is 6.32 Å². The summed E-state index contributed by atoms with van der Waals surface area (Å²) in [5, 5.41) is 0. The van der Waals surface area contributed by atoms with Gasteiger partial charge in [0.05, 0.1) is 0 Å². The lowest BCUT2D eigenvalue weighted by molar-refractivity contribution is 0.578. The van der Waals surface area contributed by atoms with Crippen LogP contribution < -0.4 is 0 Å². The minimum Gasteiger partial charge on any atom is -0.306 e. The van der Waals surface area contributed by atoms with Crippen molar-refractivity contribution in [2.75, 3.05) is 13.1 Å². The van der Waals surface area contributed by atoms with Crippen LogP contribution in [0, 0.1) is 0 Å². The lowest BCUT2D eigenvalue weighted by Crippen LogP contribution is -2.07. The van der Waals surface area contributed by atoms with Gasteiger partial charge in [0.1, 0.15) is 7.28 Å². The first-order chi connectivity index (χ1) is 4.88. The quantitative estimate of drug-likeness (QED) is 0.315. The number of rotatable bonds is 5. The molecule has 0 N–H and O–H groups in total. The van der Waals surface area contributed by atoms with Crippen LogP contribution in [0.1, 0.15) is 26.7 Å². The highest BCUT2D eigenvalue weighted by Crippen LogP contribution is 2.16. The molecule has 1 nitrogen and oxygen atoms in total. The molecule has 58 valence electrons. The van der Waals surface area contributed by atoms with Crippen LogP contribution in [-0.2, 0) is 0 Å². The molecule has 1 aliphatic heterocycles. The number of nitrogens with zero attached hydrogens (tertiary/aromatic N) is 1. The summed E-state index contributed by atoms with van der Waals surface area (Å²) in [4.78, 5) is 2.54. The van der Waals surface area contributed by atoms with Crippen LogP contribution >= 0.6 is 0 Å². The second-order valence-electron chi connectivity index (χ2n) is 3.24. The fourth-order valence-corrected chi connectivity index (χ4v) is 1.51. The van der Waals surface area contributed by atoms with Gasteiger partial charge < -0.3 is 4.90 Å². The molecule has 0 radical (unpaired) electrons. The highest BCUT2D eigenvalue weighted by Gasteiger charge is 2.31. The molecule has 1 fully saturated rings. The highest BCUT2D eigenvalue weighted by atomic mass is 15.3. The summed E-state index contributed by atoms with van der Waals surface area (Å²) in [5.41, 5.74) is 0. The molecule has 1 aliphatic rings. The molecule has 0 amide bonds. The van der Waals surface area contributed by atoms with Gasteiger partial charge in [-0.05, 0) is 12.5 Å². The van der Waals surface area contributed by atoms with Gasteiger partial charge in [-0.3, -0.25) is 0 Å². The Morgan fingerprint density at radius 3 is 2.80 bits per heavy atom. The van der Waals surface area contributed by atoms with Crippen LogP contribution in [-0.4, -0.2) is 31.2 Å². The molecule has 2 heteroatoms. The second-order valence-corrected chi connectivity index (χ2v) is 3.24. The van der Waals surface area contributed by atoms with Crippen molar-refractivity contribution in [1.29, 1.82) is 0 Å². The van der Waals surface area contributed by atoms with Gasteiger partial charge in [-0.2, -0.15) is 0 Å². The molecule has 2 unspecified atom stereocenters. The number of likely N-dealkylation sites (N-methyl/N-ethyl adjacent to an activating group) is 1. The molecule has 0 aromatic rings. The third-order valence-electron chi connectivity index (χ3n) is 2.38. The summed E-state index contributed by atoms with van der Waals surface area (Å²) in [6, 6.07) is 0. The number of unbranched alkanes of at least 4 members (excludes halogenated alkanes) is 1. The van der Waals surface area contributed by atoms with E-state index in [1.54, 1.807) is 0 Å². The van der Waals surface area contributed by atoms with Crippen molar-refractivity contribution in [3.05, 3.63) is 0 Å². The second kappa shape index (κ2) is 4.02. The van der Waals surface area contributed by atoms with Gasteiger partial charge in [0.2, 0.25) is 0 Å². The molecular formula is C8H18BN. The fourth-order valence-electron chi connectivity index (χ4n) is 1.51. The van der Waals surface area contributed by atoms with E-state index in [-0.39, 0.29) is 0 Å². The maximum absolute atomic E-state index is 2.54. The Kier molecular flexibility index (Phi) is 3.27. The fraction of sp³-hybridized carbons (Fsp3) is 1.00. The first-order valence-corrected chi connectivity index (χ1v) is 4.62. The Hall–Kier alpha value is 0.0249. The Labute approximate surface area is 65.0 Å². The van der Waals surface area contributed by atoms with Crippen molar-refractivity contribution < 1.29 is 0 Å². The van der Waals surface area contributed by atoms with E-state index >= 15 is 0 Å². The molecule has 1 heterocycles. The lowest BCUT2D eigenvalue weighted by Gasteiger charge is -1.95. The Morgan fingerprint density at radius 2 is 2.30 bits per heavy atom. The van der Waals surface area contributed by atoms with Gasteiger partial charge in [-0.25, -0.2) is 0 Å². The van der Waals surface area contributed by atoms with Gasteiger partial charge >= 0.3 is 0 Å². The van der Waals surface area contributed by atoms with Crippen molar-refractivity contribution >= 4 is 7.28 Å². The van der Waals surface area contributed by atoms with E-state index in [9.17, 15) is 0 Å². The topological polar surface area (TPSA) is 3.01 Å². The summed E-state index contributed by atoms with van der Waals surface area (Å²) in [7, 11) is 1.45. The third-order valence-corrected chi connectivity index (χ3v) is 2.38. The monoisotopic (exact) mass is 139 g/mol. The SMILES string of the molecule is CCCCBC1CN1CC. The molecule has 1 rings (SSSR count).